The Hall–Kier alpha value is 0.265. The maximum absolute atomic E-state index is 10.6. The molecule has 6 radical (unpaired) electrons. The van der Waals surface area contributed by atoms with Crippen molar-refractivity contribution in [3.8, 4) is 5.75 Å². The highest BCUT2D eigenvalue weighted by atomic mass is 31.1. The van der Waals surface area contributed by atoms with E-state index in [0.717, 1.165) is 11.3 Å². The van der Waals surface area contributed by atoms with Crippen LogP contribution in [0.1, 0.15) is 5.56 Å². The molecule has 1 aromatic carbocycles. The molecular formula is C14H20B3O7P3. The van der Waals surface area contributed by atoms with E-state index in [1.165, 1.54) is 0 Å². The number of rotatable bonds is 10. The summed E-state index contributed by atoms with van der Waals surface area (Å²) in [7, 11) is 17.0. The standard InChI is InChI=1S/C14H20B3O7P3/c1-20-8-4-2-7(3-5-8)6-21-11-9(18)10(19)12(22-25-15)14(24-27-17)13(11)23-26-16/h2-5,9-14,18-19,25-27H,6H2,1H3. The zero-order chi connectivity index (χ0) is 19.8. The van der Waals surface area contributed by atoms with Crippen molar-refractivity contribution in [2.75, 3.05) is 7.11 Å². The molecule has 0 amide bonds. The second-order valence-corrected chi connectivity index (χ2v) is 7.12. The lowest BCUT2D eigenvalue weighted by molar-refractivity contribution is -0.215. The number of aliphatic hydroxyl groups is 2. The molecule has 7 nitrogen and oxygen atoms in total. The lowest BCUT2D eigenvalue weighted by Gasteiger charge is -2.46. The summed E-state index contributed by atoms with van der Waals surface area (Å²) in [5.74, 6) is 0.720. The fraction of sp³-hybridized carbons (Fsp3) is 0.571. The number of hydrogen-bond donors (Lipinski definition) is 2. The van der Waals surface area contributed by atoms with Gasteiger partial charge >= 0.3 is 0 Å². The molecule has 1 aromatic rings. The fourth-order valence-corrected chi connectivity index (χ4v) is 4.18. The molecule has 9 unspecified atom stereocenters. The van der Waals surface area contributed by atoms with Crippen molar-refractivity contribution in [2.45, 2.75) is 43.2 Å². The van der Waals surface area contributed by atoms with Crippen LogP contribution in [0.5, 0.6) is 5.75 Å². The highest BCUT2D eigenvalue weighted by molar-refractivity contribution is 7.62. The van der Waals surface area contributed by atoms with Crippen LogP contribution < -0.4 is 4.74 Å². The minimum absolute atomic E-state index is 0.174. The summed E-state index contributed by atoms with van der Waals surface area (Å²) in [6.07, 6.45) is -5.97. The molecule has 1 fully saturated rings. The molecule has 1 saturated carbocycles. The summed E-state index contributed by atoms with van der Waals surface area (Å²) in [4.78, 5) is 0. The van der Waals surface area contributed by atoms with Gasteiger partial charge in [-0.1, -0.05) is 12.1 Å². The Morgan fingerprint density at radius 1 is 0.815 bits per heavy atom. The lowest BCUT2D eigenvalue weighted by atomic mass is 9.85. The molecule has 0 bridgehead atoms. The summed E-state index contributed by atoms with van der Waals surface area (Å²) in [6.45, 7) is 0.174. The molecule has 0 saturated heterocycles. The highest BCUT2D eigenvalue weighted by Crippen LogP contribution is 2.37. The molecule has 0 heterocycles. The molecule has 9 atom stereocenters. The molecule has 27 heavy (non-hydrogen) atoms. The van der Waals surface area contributed by atoms with Crippen LogP contribution in [-0.2, 0) is 24.9 Å². The van der Waals surface area contributed by atoms with Gasteiger partial charge in [-0.25, -0.2) is 0 Å². The molecule has 142 valence electrons. The molecule has 1 aliphatic rings. The van der Waals surface area contributed by atoms with Gasteiger partial charge in [0.1, 0.15) is 65.1 Å². The SMILES string of the molecule is [B]POC1C(O)C(O)C(OCc2ccc(OC)cc2)C(OP[B])C1OP[B]. The molecule has 0 aromatic heterocycles. The number of ether oxygens (including phenoxy) is 2. The third-order valence-electron chi connectivity index (χ3n) is 4.21. The summed E-state index contributed by atoms with van der Waals surface area (Å²) >= 11 is 0. The lowest BCUT2D eigenvalue weighted by Crippen LogP contribution is -2.65. The predicted molar refractivity (Wildman–Crippen MR) is 110 cm³/mol. The van der Waals surface area contributed by atoms with Crippen LogP contribution >= 0.6 is 26.1 Å². The summed E-state index contributed by atoms with van der Waals surface area (Å²) in [6, 6.07) is 7.27. The monoisotopic (exact) mass is 426 g/mol. The molecule has 2 rings (SSSR count). The van der Waals surface area contributed by atoms with Gasteiger partial charge in [-0.05, 0) is 43.8 Å². The largest absolute Gasteiger partial charge is 0.497 e. The van der Waals surface area contributed by atoms with E-state index in [2.05, 4.69) is 0 Å². The van der Waals surface area contributed by atoms with E-state index in [0.29, 0.717) is 0 Å². The number of aliphatic hydroxyl groups excluding tert-OH is 2. The van der Waals surface area contributed by atoms with Gasteiger partial charge in [0, 0.05) is 0 Å². The first-order chi connectivity index (χ1) is 13.1. The second-order valence-electron chi connectivity index (χ2n) is 5.71. The molecule has 13 heteroatoms. The summed E-state index contributed by atoms with van der Waals surface area (Å²) in [5.41, 5.74) is 0.853. The minimum Gasteiger partial charge on any atom is -0.497 e. The minimum atomic E-state index is -1.29. The normalized spacial score (nSPS) is 32.3. The van der Waals surface area contributed by atoms with Crippen LogP contribution in [0.15, 0.2) is 24.3 Å². The van der Waals surface area contributed by atoms with Crippen LogP contribution in [-0.4, -0.2) is 76.6 Å². The Morgan fingerprint density at radius 2 is 1.30 bits per heavy atom. The Labute approximate surface area is 168 Å². The molecular weight excluding hydrogens is 406 g/mol. The van der Waals surface area contributed by atoms with Crippen LogP contribution in [0.4, 0.5) is 0 Å². The van der Waals surface area contributed by atoms with Gasteiger partial charge in [0.25, 0.3) is 0 Å². The van der Waals surface area contributed by atoms with E-state index in [-0.39, 0.29) is 24.0 Å². The van der Waals surface area contributed by atoms with Gasteiger partial charge in [-0.15, -0.1) is 0 Å². The Morgan fingerprint density at radius 3 is 1.81 bits per heavy atom. The van der Waals surface area contributed by atoms with E-state index >= 15 is 0 Å². The first-order valence-corrected chi connectivity index (χ1v) is 11.0. The Balaban J connectivity index is 2.17. The fourth-order valence-electron chi connectivity index (χ4n) is 2.90. The van der Waals surface area contributed by atoms with Crippen LogP contribution in [0.2, 0.25) is 0 Å². The Bertz CT molecular complexity index is 559. The van der Waals surface area contributed by atoms with Gasteiger partial charge < -0.3 is 33.3 Å². The second kappa shape index (κ2) is 12.1. The van der Waals surface area contributed by atoms with Crippen molar-refractivity contribution in [3.05, 3.63) is 29.8 Å². The van der Waals surface area contributed by atoms with E-state index in [1.807, 2.05) is 12.1 Å². The van der Waals surface area contributed by atoms with Crippen molar-refractivity contribution >= 4 is 48.8 Å². The average molecular weight is 426 g/mol. The summed E-state index contributed by atoms with van der Waals surface area (Å²) < 4.78 is 27.5. The van der Waals surface area contributed by atoms with Gasteiger partial charge in [-0.2, -0.15) is 0 Å². The summed E-state index contributed by atoms with van der Waals surface area (Å²) in [5, 5.41) is 21.0. The van der Waals surface area contributed by atoms with Gasteiger partial charge in [-0.3, -0.25) is 0 Å². The van der Waals surface area contributed by atoms with Gasteiger partial charge in [0.05, 0.1) is 13.7 Å². The molecule has 0 spiro atoms. The molecule has 1 aliphatic carbocycles. The zero-order valence-electron chi connectivity index (χ0n) is 14.6. The maximum Gasteiger partial charge on any atom is 0.144 e. The van der Waals surface area contributed by atoms with E-state index in [4.69, 9.17) is 45.7 Å². The quantitative estimate of drug-likeness (QED) is 0.417. The van der Waals surface area contributed by atoms with E-state index < -0.39 is 45.3 Å². The van der Waals surface area contributed by atoms with Gasteiger partial charge in [0.15, 0.2) is 0 Å². The third-order valence-corrected chi connectivity index (χ3v) is 5.43. The zero-order valence-corrected chi connectivity index (χ0v) is 17.6. The van der Waals surface area contributed by atoms with E-state index in [9.17, 15) is 10.2 Å². The first kappa shape index (κ1) is 23.5. The third kappa shape index (κ3) is 6.12. The van der Waals surface area contributed by atoms with Crippen LogP contribution in [0, 0.1) is 0 Å². The number of hydrogen-bond acceptors (Lipinski definition) is 7. The van der Waals surface area contributed by atoms with Crippen molar-refractivity contribution < 1.29 is 33.3 Å². The van der Waals surface area contributed by atoms with Crippen molar-refractivity contribution in [2.24, 2.45) is 0 Å². The number of methoxy groups -OCH3 is 1. The van der Waals surface area contributed by atoms with Gasteiger partial charge in [0.2, 0.25) is 0 Å². The molecule has 2 N–H and O–H groups in total. The van der Waals surface area contributed by atoms with Crippen molar-refractivity contribution in [1.82, 2.24) is 0 Å². The number of benzene rings is 1. The van der Waals surface area contributed by atoms with E-state index in [1.54, 1.807) is 19.2 Å². The van der Waals surface area contributed by atoms with Crippen molar-refractivity contribution in [3.63, 3.8) is 0 Å². The smallest absolute Gasteiger partial charge is 0.144 e. The maximum atomic E-state index is 10.6. The highest BCUT2D eigenvalue weighted by Gasteiger charge is 2.52. The topological polar surface area (TPSA) is 86.6 Å². The average Bonchev–Trinajstić information content (AvgIpc) is 2.69. The van der Waals surface area contributed by atoms with Crippen LogP contribution in [0.25, 0.3) is 0 Å². The van der Waals surface area contributed by atoms with Crippen LogP contribution in [0.3, 0.4) is 0 Å². The molecule has 0 aliphatic heterocycles. The predicted octanol–water partition coefficient (Wildman–Crippen LogP) is 0.502. The Kier molecular flexibility index (Phi) is 10.5. The van der Waals surface area contributed by atoms with Crippen molar-refractivity contribution in [1.29, 1.82) is 0 Å². The first-order valence-electron chi connectivity index (χ1n) is 8.01.